The Morgan fingerprint density at radius 3 is 2.45 bits per heavy atom. The summed E-state index contributed by atoms with van der Waals surface area (Å²) in [4.78, 5) is 26.0. The number of furan rings is 1. The monoisotopic (exact) mass is 437 g/mol. The van der Waals surface area contributed by atoms with Crippen LogP contribution in [0.2, 0.25) is 5.02 Å². The van der Waals surface area contributed by atoms with Crippen molar-refractivity contribution in [1.29, 1.82) is 0 Å². The first-order valence-corrected chi connectivity index (χ1v) is 9.91. The van der Waals surface area contributed by atoms with Crippen molar-refractivity contribution in [2.75, 3.05) is 11.9 Å². The summed E-state index contributed by atoms with van der Waals surface area (Å²) in [6.45, 7) is 2.27. The Morgan fingerprint density at radius 1 is 1.03 bits per heavy atom. The molecule has 0 bridgehead atoms. The molecule has 0 atom stereocenters. The molecule has 7 heteroatoms. The number of para-hydroxylation sites is 1. The standard InChI is InChI=1S/C24H17ClFNO4/c1-2-30-20-12-9-15(13-18(20)25)22(28)23-21(17-5-3-4-6-19(17)31-23)27-24(29)14-7-10-16(26)11-8-14/h3-13H,2H2,1H3,(H,27,29). The lowest BCUT2D eigenvalue weighted by Gasteiger charge is -2.08. The predicted molar refractivity (Wildman–Crippen MR) is 117 cm³/mol. The van der Waals surface area contributed by atoms with Crippen LogP contribution in [0, 0.1) is 5.82 Å². The molecule has 0 fully saturated rings. The first-order chi connectivity index (χ1) is 15.0. The van der Waals surface area contributed by atoms with Crippen LogP contribution in [0.15, 0.2) is 71.1 Å². The van der Waals surface area contributed by atoms with E-state index in [0.717, 1.165) is 0 Å². The molecule has 0 radical (unpaired) electrons. The molecular formula is C24H17ClFNO4. The van der Waals surface area contributed by atoms with Gasteiger partial charge in [0.15, 0.2) is 5.76 Å². The highest BCUT2D eigenvalue weighted by molar-refractivity contribution is 6.32. The minimum Gasteiger partial charge on any atom is -0.492 e. The molecule has 0 aliphatic carbocycles. The molecule has 156 valence electrons. The maximum atomic E-state index is 13.2. The number of rotatable bonds is 6. The third kappa shape index (κ3) is 4.15. The van der Waals surface area contributed by atoms with Crippen molar-refractivity contribution >= 4 is 39.9 Å². The summed E-state index contributed by atoms with van der Waals surface area (Å²) >= 11 is 6.23. The molecule has 4 aromatic rings. The lowest BCUT2D eigenvalue weighted by atomic mass is 10.1. The number of amides is 1. The van der Waals surface area contributed by atoms with Gasteiger partial charge in [-0.2, -0.15) is 0 Å². The van der Waals surface area contributed by atoms with Gasteiger partial charge in [-0.1, -0.05) is 23.7 Å². The first kappa shape index (κ1) is 20.6. The van der Waals surface area contributed by atoms with Gasteiger partial charge < -0.3 is 14.5 Å². The Morgan fingerprint density at radius 2 is 1.74 bits per heavy atom. The zero-order chi connectivity index (χ0) is 22.0. The van der Waals surface area contributed by atoms with Crippen LogP contribution < -0.4 is 10.1 Å². The van der Waals surface area contributed by atoms with Gasteiger partial charge in [0.05, 0.1) is 17.3 Å². The zero-order valence-electron chi connectivity index (χ0n) is 16.4. The summed E-state index contributed by atoms with van der Waals surface area (Å²) in [6.07, 6.45) is 0. The highest BCUT2D eigenvalue weighted by Crippen LogP contribution is 2.34. The van der Waals surface area contributed by atoms with Crippen molar-refractivity contribution in [3.8, 4) is 5.75 Å². The highest BCUT2D eigenvalue weighted by Gasteiger charge is 2.24. The van der Waals surface area contributed by atoms with Crippen LogP contribution in [0.1, 0.15) is 33.4 Å². The van der Waals surface area contributed by atoms with Crippen LogP contribution in [-0.4, -0.2) is 18.3 Å². The molecule has 31 heavy (non-hydrogen) atoms. The Hall–Kier alpha value is -3.64. The number of fused-ring (bicyclic) bond motifs is 1. The maximum Gasteiger partial charge on any atom is 0.255 e. The minimum absolute atomic E-state index is 0.0307. The molecule has 0 saturated heterocycles. The average molecular weight is 438 g/mol. The third-order valence-electron chi connectivity index (χ3n) is 4.64. The van der Waals surface area contributed by atoms with Crippen LogP contribution >= 0.6 is 11.6 Å². The molecule has 0 unspecified atom stereocenters. The fourth-order valence-corrected chi connectivity index (χ4v) is 3.40. The number of carbonyl (C=O) groups is 2. The van der Waals surface area contributed by atoms with E-state index in [1.54, 1.807) is 36.4 Å². The number of anilines is 1. The fourth-order valence-electron chi connectivity index (χ4n) is 3.16. The number of hydrogen-bond acceptors (Lipinski definition) is 4. The molecule has 5 nitrogen and oxygen atoms in total. The lowest BCUT2D eigenvalue weighted by Crippen LogP contribution is -2.14. The second kappa shape index (κ2) is 8.62. The summed E-state index contributed by atoms with van der Waals surface area (Å²) in [6, 6.07) is 16.8. The molecule has 0 aliphatic heterocycles. The number of ether oxygens (including phenoxy) is 1. The van der Waals surface area contributed by atoms with E-state index in [0.29, 0.717) is 28.3 Å². The van der Waals surface area contributed by atoms with E-state index in [4.69, 9.17) is 20.8 Å². The number of nitrogens with one attached hydrogen (secondary N) is 1. The quantitative estimate of drug-likeness (QED) is 0.370. The Balaban J connectivity index is 1.74. The van der Waals surface area contributed by atoms with Crippen LogP contribution in [-0.2, 0) is 0 Å². The molecular weight excluding hydrogens is 421 g/mol. The topological polar surface area (TPSA) is 68.5 Å². The minimum atomic E-state index is -0.495. The van der Waals surface area contributed by atoms with E-state index >= 15 is 0 Å². The summed E-state index contributed by atoms with van der Waals surface area (Å²) in [5.74, 6) is -0.957. The van der Waals surface area contributed by atoms with Gasteiger partial charge in [-0.3, -0.25) is 9.59 Å². The Labute approximate surface area is 182 Å². The van der Waals surface area contributed by atoms with Crippen molar-refractivity contribution in [3.05, 3.63) is 94.5 Å². The van der Waals surface area contributed by atoms with Crippen LogP contribution in [0.3, 0.4) is 0 Å². The van der Waals surface area contributed by atoms with Gasteiger partial charge in [0, 0.05) is 16.5 Å². The summed E-state index contributed by atoms with van der Waals surface area (Å²) in [5, 5.41) is 3.59. The number of benzene rings is 3. The second-order valence-corrected chi connectivity index (χ2v) is 7.08. The molecule has 0 saturated carbocycles. The Bertz CT molecular complexity index is 1280. The summed E-state index contributed by atoms with van der Waals surface area (Å²) < 4.78 is 24.4. The van der Waals surface area contributed by atoms with E-state index in [-0.39, 0.29) is 22.6 Å². The van der Waals surface area contributed by atoms with Gasteiger partial charge in [0.2, 0.25) is 5.78 Å². The van der Waals surface area contributed by atoms with Crippen molar-refractivity contribution in [2.45, 2.75) is 6.92 Å². The average Bonchev–Trinajstić information content (AvgIpc) is 3.13. The van der Waals surface area contributed by atoms with E-state index in [2.05, 4.69) is 5.32 Å². The highest BCUT2D eigenvalue weighted by atomic mass is 35.5. The normalized spacial score (nSPS) is 10.8. The van der Waals surface area contributed by atoms with Gasteiger partial charge >= 0.3 is 0 Å². The van der Waals surface area contributed by atoms with Crippen molar-refractivity contribution < 1.29 is 23.1 Å². The van der Waals surface area contributed by atoms with Crippen molar-refractivity contribution in [1.82, 2.24) is 0 Å². The molecule has 3 aromatic carbocycles. The van der Waals surface area contributed by atoms with E-state index < -0.39 is 17.5 Å². The van der Waals surface area contributed by atoms with Gasteiger partial charge in [0.1, 0.15) is 17.1 Å². The van der Waals surface area contributed by atoms with Crippen LogP contribution in [0.4, 0.5) is 10.1 Å². The summed E-state index contributed by atoms with van der Waals surface area (Å²) in [5.41, 5.74) is 1.20. The third-order valence-corrected chi connectivity index (χ3v) is 4.94. The van der Waals surface area contributed by atoms with Crippen molar-refractivity contribution in [2.24, 2.45) is 0 Å². The molecule has 1 amide bonds. The van der Waals surface area contributed by atoms with Crippen LogP contribution in [0.5, 0.6) is 5.75 Å². The molecule has 1 heterocycles. The molecule has 0 aliphatic rings. The molecule has 1 aromatic heterocycles. The fraction of sp³-hybridized carbons (Fsp3) is 0.0833. The molecule has 0 spiro atoms. The SMILES string of the molecule is CCOc1ccc(C(=O)c2oc3ccccc3c2NC(=O)c2ccc(F)cc2)cc1Cl. The van der Waals surface area contributed by atoms with E-state index in [1.165, 1.54) is 30.3 Å². The zero-order valence-corrected chi connectivity index (χ0v) is 17.2. The largest absolute Gasteiger partial charge is 0.492 e. The number of ketones is 1. The number of carbonyl (C=O) groups excluding carboxylic acids is 2. The van der Waals surface area contributed by atoms with Gasteiger partial charge in [-0.05, 0) is 61.5 Å². The van der Waals surface area contributed by atoms with Crippen molar-refractivity contribution in [3.63, 3.8) is 0 Å². The second-order valence-electron chi connectivity index (χ2n) is 6.67. The van der Waals surface area contributed by atoms with Crippen LogP contribution in [0.25, 0.3) is 11.0 Å². The van der Waals surface area contributed by atoms with Gasteiger partial charge in [-0.25, -0.2) is 4.39 Å². The smallest absolute Gasteiger partial charge is 0.255 e. The molecule has 4 rings (SSSR count). The Kier molecular flexibility index (Phi) is 5.73. The van der Waals surface area contributed by atoms with Gasteiger partial charge in [0.25, 0.3) is 5.91 Å². The molecule has 1 N–H and O–H groups in total. The van der Waals surface area contributed by atoms with E-state index in [1.807, 2.05) is 6.92 Å². The maximum absolute atomic E-state index is 13.2. The predicted octanol–water partition coefficient (Wildman–Crippen LogP) is 6.11. The lowest BCUT2D eigenvalue weighted by molar-refractivity contribution is 0.101. The number of hydrogen-bond donors (Lipinski definition) is 1. The van der Waals surface area contributed by atoms with E-state index in [9.17, 15) is 14.0 Å². The summed E-state index contributed by atoms with van der Waals surface area (Å²) in [7, 11) is 0. The first-order valence-electron chi connectivity index (χ1n) is 9.53. The number of halogens is 2. The van der Waals surface area contributed by atoms with Gasteiger partial charge in [-0.15, -0.1) is 0 Å².